The minimum atomic E-state index is -0.185. The molecule has 4 rings (SSSR count). The van der Waals surface area contributed by atoms with Gasteiger partial charge >= 0.3 is 0 Å². The van der Waals surface area contributed by atoms with E-state index in [1.165, 1.54) is 4.57 Å². The van der Waals surface area contributed by atoms with Gasteiger partial charge in [0.1, 0.15) is 0 Å². The molecule has 2 aromatic carbocycles. The molecule has 3 aromatic rings. The van der Waals surface area contributed by atoms with Crippen LogP contribution in [0.25, 0.3) is 16.6 Å². The number of rotatable bonds is 3. The summed E-state index contributed by atoms with van der Waals surface area (Å²) < 4.78 is 1.85. The number of nitrogens with one attached hydrogen (secondary N) is 2. The molecule has 1 heterocycles. The Morgan fingerprint density at radius 3 is 2.68 bits per heavy atom. The number of aromatic amines is 1. The van der Waals surface area contributed by atoms with E-state index in [0.29, 0.717) is 21.2 Å². The zero-order valence-corrected chi connectivity index (χ0v) is 16.9. The lowest BCUT2D eigenvalue weighted by molar-refractivity contribution is 0.0938. The van der Waals surface area contributed by atoms with E-state index in [0.717, 1.165) is 42.5 Å². The summed E-state index contributed by atoms with van der Waals surface area (Å²) in [4.78, 5) is 28.8. The summed E-state index contributed by atoms with van der Waals surface area (Å²) in [5.41, 5.74) is 3.81. The van der Waals surface area contributed by atoms with Crippen molar-refractivity contribution in [3.8, 4) is 5.69 Å². The van der Waals surface area contributed by atoms with Gasteiger partial charge in [0.15, 0.2) is 4.77 Å². The number of benzene rings is 2. The predicted octanol–water partition coefficient (Wildman–Crippen LogP) is 4.34. The Balaban J connectivity index is 1.78. The van der Waals surface area contributed by atoms with Gasteiger partial charge in [0.05, 0.1) is 16.6 Å². The first-order valence-electron chi connectivity index (χ1n) is 9.62. The van der Waals surface area contributed by atoms with Crippen LogP contribution in [-0.2, 0) is 0 Å². The maximum absolute atomic E-state index is 13.1. The molecule has 0 unspecified atom stereocenters. The molecule has 0 atom stereocenters. The van der Waals surface area contributed by atoms with Crippen LogP contribution in [0.2, 0.25) is 0 Å². The van der Waals surface area contributed by atoms with Gasteiger partial charge < -0.3 is 10.3 Å². The van der Waals surface area contributed by atoms with Gasteiger partial charge in [-0.25, -0.2) is 0 Å². The molecule has 1 fully saturated rings. The molecule has 1 saturated carbocycles. The number of aromatic nitrogens is 2. The Morgan fingerprint density at radius 1 is 1.18 bits per heavy atom. The summed E-state index contributed by atoms with van der Waals surface area (Å²) in [5.74, 6) is -0.105. The molecular weight excluding hydrogens is 370 g/mol. The van der Waals surface area contributed by atoms with Crippen LogP contribution in [0.4, 0.5) is 0 Å². The van der Waals surface area contributed by atoms with Crippen LogP contribution in [-0.4, -0.2) is 21.5 Å². The van der Waals surface area contributed by atoms with Crippen LogP contribution in [0.5, 0.6) is 0 Å². The molecule has 6 heteroatoms. The summed E-state index contributed by atoms with van der Waals surface area (Å²) in [6.45, 7) is 3.99. The Kier molecular flexibility index (Phi) is 4.89. The van der Waals surface area contributed by atoms with Gasteiger partial charge in [-0.3, -0.25) is 14.2 Å². The second-order valence-corrected chi connectivity index (χ2v) is 7.89. The summed E-state index contributed by atoms with van der Waals surface area (Å²) in [6, 6.07) is 11.2. The molecule has 28 heavy (non-hydrogen) atoms. The first kappa shape index (κ1) is 18.6. The minimum Gasteiger partial charge on any atom is -0.349 e. The molecule has 0 bridgehead atoms. The number of nitrogens with zero attached hydrogens (tertiary/aromatic N) is 1. The van der Waals surface area contributed by atoms with Gasteiger partial charge in [0.25, 0.3) is 11.5 Å². The quantitative estimate of drug-likeness (QED) is 0.651. The maximum atomic E-state index is 13.1. The molecule has 1 amide bonds. The van der Waals surface area contributed by atoms with Gasteiger partial charge in [-0.2, -0.15) is 0 Å². The van der Waals surface area contributed by atoms with Crippen LogP contribution in [0, 0.1) is 18.6 Å². The van der Waals surface area contributed by atoms with Crippen LogP contribution in [0.3, 0.4) is 0 Å². The lowest BCUT2D eigenvalue weighted by Gasteiger charge is -2.14. The van der Waals surface area contributed by atoms with Crippen LogP contribution < -0.4 is 10.9 Å². The smallest absolute Gasteiger partial charge is 0.266 e. The lowest BCUT2D eigenvalue weighted by Crippen LogP contribution is -2.32. The molecule has 2 N–H and O–H groups in total. The third kappa shape index (κ3) is 3.29. The van der Waals surface area contributed by atoms with Crippen molar-refractivity contribution in [2.45, 2.75) is 45.6 Å². The van der Waals surface area contributed by atoms with Crippen molar-refractivity contribution in [2.75, 3.05) is 0 Å². The Morgan fingerprint density at radius 2 is 1.93 bits per heavy atom. The number of hydrogen-bond donors (Lipinski definition) is 2. The fourth-order valence-electron chi connectivity index (χ4n) is 3.89. The third-order valence-electron chi connectivity index (χ3n) is 5.67. The van der Waals surface area contributed by atoms with Gasteiger partial charge in [0.2, 0.25) is 0 Å². The standard InChI is InChI=1S/C22H23N3O2S/c1-13-6-5-9-19(14(13)2)25-21(27)17-11-10-15(12-18(17)24-22(25)28)20(26)23-16-7-3-4-8-16/h5-6,9-12,16H,3-4,7-8H2,1-2H3,(H,23,26)(H,24,28). The predicted molar refractivity (Wildman–Crippen MR) is 114 cm³/mol. The summed E-state index contributed by atoms with van der Waals surface area (Å²) >= 11 is 5.48. The number of fused-ring (bicyclic) bond motifs is 1. The monoisotopic (exact) mass is 393 g/mol. The molecule has 0 saturated heterocycles. The average Bonchev–Trinajstić information content (AvgIpc) is 3.17. The highest BCUT2D eigenvalue weighted by atomic mass is 32.1. The van der Waals surface area contributed by atoms with Crippen molar-refractivity contribution < 1.29 is 4.79 Å². The number of H-pyrrole nitrogens is 1. The van der Waals surface area contributed by atoms with Crippen molar-refractivity contribution >= 4 is 29.0 Å². The third-order valence-corrected chi connectivity index (χ3v) is 5.95. The number of hydrogen-bond acceptors (Lipinski definition) is 3. The molecule has 5 nitrogen and oxygen atoms in total. The highest BCUT2D eigenvalue weighted by Crippen LogP contribution is 2.20. The number of carbonyl (C=O) groups excluding carboxylic acids is 1. The van der Waals surface area contributed by atoms with Crippen LogP contribution in [0.1, 0.15) is 47.2 Å². The van der Waals surface area contributed by atoms with Crippen molar-refractivity contribution in [3.05, 3.63) is 68.2 Å². The normalized spacial score (nSPS) is 14.5. The molecule has 0 radical (unpaired) electrons. The van der Waals surface area contributed by atoms with Crippen molar-refractivity contribution in [3.63, 3.8) is 0 Å². The summed E-state index contributed by atoms with van der Waals surface area (Å²) in [7, 11) is 0. The average molecular weight is 394 g/mol. The fourth-order valence-corrected chi connectivity index (χ4v) is 4.19. The van der Waals surface area contributed by atoms with E-state index in [-0.39, 0.29) is 17.5 Å². The Labute approximate surface area is 168 Å². The second-order valence-electron chi connectivity index (χ2n) is 7.50. The van der Waals surface area contributed by atoms with Crippen LogP contribution in [0.15, 0.2) is 41.2 Å². The lowest BCUT2D eigenvalue weighted by atomic mass is 10.1. The van der Waals surface area contributed by atoms with E-state index in [4.69, 9.17) is 12.2 Å². The molecule has 1 aromatic heterocycles. The van der Waals surface area contributed by atoms with Crippen molar-refractivity contribution in [1.82, 2.24) is 14.9 Å². The Bertz CT molecular complexity index is 1190. The molecule has 0 aliphatic heterocycles. The Hall–Kier alpha value is -2.73. The SMILES string of the molecule is Cc1cccc(-n2c(=S)[nH]c3cc(C(=O)NC4CCCC4)ccc3c2=O)c1C. The topological polar surface area (TPSA) is 66.9 Å². The number of amides is 1. The first-order chi connectivity index (χ1) is 13.5. The zero-order chi connectivity index (χ0) is 19.8. The van der Waals surface area contributed by atoms with E-state index in [9.17, 15) is 9.59 Å². The van der Waals surface area contributed by atoms with E-state index in [1.807, 2.05) is 32.0 Å². The molecular formula is C22H23N3O2S. The van der Waals surface area contributed by atoms with E-state index in [1.54, 1.807) is 18.2 Å². The van der Waals surface area contributed by atoms with Crippen molar-refractivity contribution in [2.24, 2.45) is 0 Å². The molecule has 0 spiro atoms. The largest absolute Gasteiger partial charge is 0.349 e. The fraction of sp³-hybridized carbons (Fsp3) is 0.318. The summed E-state index contributed by atoms with van der Waals surface area (Å²) in [6.07, 6.45) is 4.38. The highest BCUT2D eigenvalue weighted by molar-refractivity contribution is 7.71. The molecule has 1 aliphatic carbocycles. The van der Waals surface area contributed by atoms with E-state index in [2.05, 4.69) is 10.3 Å². The molecule has 144 valence electrons. The minimum absolute atomic E-state index is 0.105. The second kappa shape index (κ2) is 7.36. The van der Waals surface area contributed by atoms with Gasteiger partial charge in [-0.1, -0.05) is 25.0 Å². The van der Waals surface area contributed by atoms with Gasteiger partial charge in [0, 0.05) is 11.6 Å². The maximum Gasteiger partial charge on any atom is 0.266 e. The summed E-state index contributed by atoms with van der Waals surface area (Å²) in [5, 5.41) is 3.58. The molecule has 1 aliphatic rings. The first-order valence-corrected chi connectivity index (χ1v) is 10.0. The zero-order valence-electron chi connectivity index (χ0n) is 16.0. The number of aryl methyl sites for hydroxylation is 1. The number of carbonyl (C=O) groups is 1. The highest BCUT2D eigenvalue weighted by Gasteiger charge is 2.19. The van der Waals surface area contributed by atoms with Gasteiger partial charge in [-0.15, -0.1) is 0 Å². The van der Waals surface area contributed by atoms with Crippen molar-refractivity contribution in [1.29, 1.82) is 0 Å². The van der Waals surface area contributed by atoms with E-state index >= 15 is 0 Å². The van der Waals surface area contributed by atoms with Gasteiger partial charge in [-0.05, 0) is 74.3 Å². The van der Waals surface area contributed by atoms with Crippen LogP contribution >= 0.6 is 12.2 Å². The van der Waals surface area contributed by atoms with E-state index < -0.39 is 0 Å².